The molecule has 0 bridgehead atoms. The Morgan fingerprint density at radius 1 is 1.25 bits per heavy atom. The summed E-state index contributed by atoms with van der Waals surface area (Å²) in [7, 11) is -1.81. The molecule has 0 aromatic heterocycles. The largest absolute Gasteiger partial charge is 0.497 e. The summed E-state index contributed by atoms with van der Waals surface area (Å²) in [4.78, 5) is 6.31. The molecule has 2 heterocycles. The van der Waals surface area contributed by atoms with Crippen LogP contribution in [-0.4, -0.2) is 42.5 Å². The van der Waals surface area contributed by atoms with Crippen molar-refractivity contribution in [2.45, 2.75) is 33.4 Å². The van der Waals surface area contributed by atoms with Crippen molar-refractivity contribution in [2.75, 3.05) is 13.0 Å². The SMILES string of the molecule is COc1ccc(CN2C=C3C(C)C(C)N=C(C)N3S(=O)(=O)C2)cc1. The van der Waals surface area contributed by atoms with E-state index in [1.165, 1.54) is 4.31 Å². The Hall–Kier alpha value is -2.02. The van der Waals surface area contributed by atoms with Gasteiger partial charge in [-0.1, -0.05) is 19.1 Å². The van der Waals surface area contributed by atoms with E-state index >= 15 is 0 Å². The lowest BCUT2D eigenvalue weighted by molar-refractivity contribution is 0.350. The van der Waals surface area contributed by atoms with E-state index in [0.29, 0.717) is 12.4 Å². The summed E-state index contributed by atoms with van der Waals surface area (Å²) >= 11 is 0. The lowest BCUT2D eigenvalue weighted by atomic mass is 9.98. The molecule has 0 saturated heterocycles. The fourth-order valence-electron chi connectivity index (χ4n) is 3.16. The predicted molar refractivity (Wildman–Crippen MR) is 94.0 cm³/mol. The van der Waals surface area contributed by atoms with E-state index < -0.39 is 10.0 Å². The summed E-state index contributed by atoms with van der Waals surface area (Å²) in [5.74, 6) is 1.35. The molecule has 0 spiro atoms. The number of methoxy groups -OCH3 is 1. The molecule has 2 atom stereocenters. The molecule has 0 saturated carbocycles. The van der Waals surface area contributed by atoms with Gasteiger partial charge < -0.3 is 9.64 Å². The average Bonchev–Trinajstić information content (AvgIpc) is 2.52. The highest BCUT2D eigenvalue weighted by molar-refractivity contribution is 7.89. The third-order valence-corrected chi connectivity index (χ3v) is 6.27. The van der Waals surface area contributed by atoms with Crippen molar-refractivity contribution in [3.63, 3.8) is 0 Å². The van der Waals surface area contributed by atoms with Gasteiger partial charge in [0.05, 0.1) is 18.8 Å². The Kier molecular flexibility index (Phi) is 4.29. The molecule has 0 radical (unpaired) electrons. The minimum Gasteiger partial charge on any atom is -0.497 e. The topological polar surface area (TPSA) is 62.2 Å². The number of fused-ring (bicyclic) bond motifs is 1. The van der Waals surface area contributed by atoms with Crippen molar-refractivity contribution >= 4 is 15.9 Å². The summed E-state index contributed by atoms with van der Waals surface area (Å²) in [5.41, 5.74) is 1.84. The van der Waals surface area contributed by atoms with E-state index in [-0.39, 0.29) is 17.8 Å². The van der Waals surface area contributed by atoms with Crippen molar-refractivity contribution < 1.29 is 13.2 Å². The quantitative estimate of drug-likeness (QED) is 0.841. The molecule has 24 heavy (non-hydrogen) atoms. The number of hydrogen-bond acceptors (Lipinski definition) is 5. The molecule has 1 aromatic rings. The van der Waals surface area contributed by atoms with Gasteiger partial charge in [0.25, 0.3) is 10.0 Å². The maximum absolute atomic E-state index is 12.7. The van der Waals surface area contributed by atoms with Crippen LogP contribution in [0.1, 0.15) is 26.3 Å². The smallest absolute Gasteiger partial charge is 0.258 e. The van der Waals surface area contributed by atoms with Crippen LogP contribution in [0.25, 0.3) is 0 Å². The molecule has 2 aliphatic rings. The van der Waals surface area contributed by atoms with Crippen LogP contribution >= 0.6 is 0 Å². The maximum atomic E-state index is 12.7. The molecule has 2 aliphatic heterocycles. The maximum Gasteiger partial charge on any atom is 0.258 e. The van der Waals surface area contributed by atoms with Gasteiger partial charge in [0.2, 0.25) is 0 Å². The second-order valence-corrected chi connectivity index (χ2v) is 8.15. The Morgan fingerprint density at radius 3 is 2.54 bits per heavy atom. The number of sulfonamides is 1. The molecular weight excluding hydrogens is 326 g/mol. The lowest BCUT2D eigenvalue weighted by Crippen LogP contribution is -2.50. The van der Waals surface area contributed by atoms with Gasteiger partial charge >= 0.3 is 0 Å². The third kappa shape index (κ3) is 3.00. The second kappa shape index (κ2) is 6.12. The van der Waals surface area contributed by atoms with Crippen molar-refractivity contribution in [2.24, 2.45) is 10.9 Å². The zero-order valence-corrected chi connectivity index (χ0v) is 15.2. The predicted octanol–water partition coefficient (Wildman–Crippen LogP) is 2.40. The average molecular weight is 349 g/mol. The third-order valence-electron chi connectivity index (χ3n) is 4.58. The van der Waals surface area contributed by atoms with Gasteiger partial charge in [-0.2, -0.15) is 0 Å². The first kappa shape index (κ1) is 16.8. The zero-order valence-electron chi connectivity index (χ0n) is 14.4. The molecule has 0 aliphatic carbocycles. The summed E-state index contributed by atoms with van der Waals surface area (Å²) < 4.78 is 32.0. The van der Waals surface area contributed by atoms with E-state index in [1.807, 2.05) is 49.2 Å². The molecule has 1 aromatic carbocycles. The second-order valence-electron chi connectivity index (χ2n) is 6.36. The van der Waals surface area contributed by atoms with Crippen LogP contribution in [-0.2, 0) is 16.6 Å². The first-order valence-electron chi connectivity index (χ1n) is 7.98. The van der Waals surface area contributed by atoms with Gasteiger partial charge in [0.1, 0.15) is 17.5 Å². The van der Waals surface area contributed by atoms with E-state index in [0.717, 1.165) is 17.0 Å². The number of amidine groups is 1. The number of aliphatic imine (C=N–C) groups is 1. The molecule has 7 heteroatoms. The molecule has 0 amide bonds. The first-order valence-corrected chi connectivity index (χ1v) is 9.59. The van der Waals surface area contributed by atoms with Gasteiger partial charge in [-0.15, -0.1) is 0 Å². The van der Waals surface area contributed by atoms with Gasteiger partial charge in [0.15, 0.2) is 0 Å². The van der Waals surface area contributed by atoms with Crippen LogP contribution < -0.4 is 4.74 Å². The van der Waals surface area contributed by atoms with E-state index in [2.05, 4.69) is 4.99 Å². The summed E-state index contributed by atoms with van der Waals surface area (Å²) in [6.45, 7) is 6.33. The fourth-order valence-corrected chi connectivity index (χ4v) is 4.84. The Balaban J connectivity index is 1.91. The van der Waals surface area contributed by atoms with Crippen LogP contribution in [0.15, 0.2) is 41.2 Å². The number of nitrogens with zero attached hydrogens (tertiary/aromatic N) is 3. The molecule has 6 nitrogen and oxygen atoms in total. The van der Waals surface area contributed by atoms with Crippen LogP contribution in [0.3, 0.4) is 0 Å². The van der Waals surface area contributed by atoms with Gasteiger partial charge in [-0.05, 0) is 31.5 Å². The number of hydrogen-bond donors (Lipinski definition) is 0. The van der Waals surface area contributed by atoms with Crippen molar-refractivity contribution in [3.05, 3.63) is 41.7 Å². The minimum atomic E-state index is -3.44. The van der Waals surface area contributed by atoms with E-state index in [1.54, 1.807) is 14.0 Å². The van der Waals surface area contributed by atoms with Gasteiger partial charge in [0, 0.05) is 18.7 Å². The standard InChI is InChI=1S/C17H23N3O3S/c1-12-13(2)18-14(3)20-17(12)10-19(11-24(20,21)22)9-15-5-7-16(23-4)8-6-15/h5-8,10,12-13H,9,11H2,1-4H3. The zero-order chi connectivity index (χ0) is 17.5. The van der Waals surface area contributed by atoms with Gasteiger partial charge in [-0.3, -0.25) is 4.99 Å². The van der Waals surface area contributed by atoms with E-state index in [4.69, 9.17) is 4.74 Å². The van der Waals surface area contributed by atoms with E-state index in [9.17, 15) is 8.42 Å². The number of benzene rings is 1. The van der Waals surface area contributed by atoms with Crippen molar-refractivity contribution in [3.8, 4) is 5.75 Å². The molecule has 0 N–H and O–H groups in total. The Labute approximate surface area is 143 Å². The molecular formula is C17H23N3O3S. The normalized spacial score (nSPS) is 25.7. The molecule has 0 fully saturated rings. The lowest BCUT2D eigenvalue weighted by Gasteiger charge is -2.41. The minimum absolute atomic E-state index is 0.0451. The van der Waals surface area contributed by atoms with Crippen LogP contribution in [0, 0.1) is 5.92 Å². The van der Waals surface area contributed by atoms with Crippen LogP contribution in [0.5, 0.6) is 5.75 Å². The van der Waals surface area contributed by atoms with Gasteiger partial charge in [-0.25, -0.2) is 12.7 Å². The number of rotatable bonds is 3. The van der Waals surface area contributed by atoms with Crippen molar-refractivity contribution in [1.82, 2.24) is 9.21 Å². The van der Waals surface area contributed by atoms with Crippen LogP contribution in [0.4, 0.5) is 0 Å². The first-order chi connectivity index (χ1) is 11.3. The molecule has 130 valence electrons. The van der Waals surface area contributed by atoms with Crippen LogP contribution in [0.2, 0.25) is 0 Å². The molecule has 3 rings (SSSR count). The highest BCUT2D eigenvalue weighted by atomic mass is 32.2. The van der Waals surface area contributed by atoms with Crippen molar-refractivity contribution in [1.29, 1.82) is 0 Å². The summed E-state index contributed by atoms with van der Waals surface area (Å²) in [6, 6.07) is 7.75. The Morgan fingerprint density at radius 2 is 1.92 bits per heavy atom. The summed E-state index contributed by atoms with van der Waals surface area (Å²) in [5, 5.41) is 0. The highest BCUT2D eigenvalue weighted by Crippen LogP contribution is 2.33. The Bertz CT molecular complexity index is 784. The monoisotopic (exact) mass is 349 g/mol. The molecule has 2 unspecified atom stereocenters. The number of ether oxygens (including phenoxy) is 1. The fraction of sp³-hybridized carbons (Fsp3) is 0.471. The highest BCUT2D eigenvalue weighted by Gasteiger charge is 2.39. The summed E-state index contributed by atoms with van der Waals surface area (Å²) in [6.07, 6.45) is 1.96.